The van der Waals surface area contributed by atoms with Gasteiger partial charge in [-0.2, -0.15) is 0 Å². The van der Waals surface area contributed by atoms with Gasteiger partial charge in [-0.3, -0.25) is 0 Å². The van der Waals surface area contributed by atoms with Crippen LogP contribution >= 0.6 is 11.3 Å². The molecule has 0 radical (unpaired) electrons. The van der Waals surface area contributed by atoms with Crippen molar-refractivity contribution in [2.75, 3.05) is 0 Å². The van der Waals surface area contributed by atoms with Gasteiger partial charge < -0.3 is 0 Å². The number of aromatic nitrogens is 1. The highest BCUT2D eigenvalue weighted by Crippen LogP contribution is 2.17. The van der Waals surface area contributed by atoms with Gasteiger partial charge in [0.15, 0.2) is 0 Å². The number of hydrogen-bond acceptors (Lipinski definition) is 2. The smallest absolute Gasteiger partial charge is 0.0972 e. The predicted molar refractivity (Wildman–Crippen MR) is 65.5 cm³/mol. The molecule has 0 fully saturated rings. The van der Waals surface area contributed by atoms with Crippen molar-refractivity contribution in [1.29, 1.82) is 0 Å². The molecule has 1 aromatic carbocycles. The third kappa shape index (κ3) is 2.45. The summed E-state index contributed by atoms with van der Waals surface area (Å²) >= 11 is 1.77. The Morgan fingerprint density at radius 3 is 2.73 bits per heavy atom. The number of rotatable bonds is 3. The van der Waals surface area contributed by atoms with Crippen molar-refractivity contribution in [3.63, 3.8) is 0 Å². The first-order chi connectivity index (χ1) is 7.29. The minimum Gasteiger partial charge on any atom is -0.246 e. The minimum atomic E-state index is 0.970. The van der Waals surface area contributed by atoms with Crippen molar-refractivity contribution in [3.8, 4) is 0 Å². The second-order valence-electron chi connectivity index (χ2n) is 3.69. The molecule has 0 bridgehead atoms. The highest BCUT2D eigenvalue weighted by molar-refractivity contribution is 7.09. The van der Waals surface area contributed by atoms with Crippen LogP contribution in [-0.2, 0) is 12.8 Å². The Morgan fingerprint density at radius 2 is 2.07 bits per heavy atom. The van der Waals surface area contributed by atoms with Gasteiger partial charge in [0.05, 0.1) is 10.7 Å². The van der Waals surface area contributed by atoms with Crippen LogP contribution in [0.2, 0.25) is 0 Å². The van der Waals surface area contributed by atoms with Crippen LogP contribution in [0.3, 0.4) is 0 Å². The molecule has 0 spiro atoms. The van der Waals surface area contributed by atoms with Crippen molar-refractivity contribution >= 4 is 11.3 Å². The van der Waals surface area contributed by atoms with Crippen LogP contribution in [0.25, 0.3) is 0 Å². The van der Waals surface area contributed by atoms with Crippen LogP contribution in [0.1, 0.15) is 28.8 Å². The van der Waals surface area contributed by atoms with Crippen LogP contribution in [-0.4, -0.2) is 4.98 Å². The van der Waals surface area contributed by atoms with E-state index in [4.69, 9.17) is 0 Å². The number of aryl methyl sites for hydroxylation is 2. The molecular weight excluding hydrogens is 202 g/mol. The molecule has 0 unspecified atom stereocenters. The molecule has 1 nitrogen and oxygen atoms in total. The molecule has 15 heavy (non-hydrogen) atoms. The minimum absolute atomic E-state index is 0.970. The molecule has 1 aromatic heterocycles. The summed E-state index contributed by atoms with van der Waals surface area (Å²) in [5, 5.41) is 3.38. The summed E-state index contributed by atoms with van der Waals surface area (Å²) in [7, 11) is 0. The van der Waals surface area contributed by atoms with E-state index >= 15 is 0 Å². The molecule has 0 aliphatic carbocycles. The lowest BCUT2D eigenvalue weighted by Gasteiger charge is -2.01. The Balaban J connectivity index is 2.18. The summed E-state index contributed by atoms with van der Waals surface area (Å²) in [6, 6.07) is 8.51. The first kappa shape index (κ1) is 10.4. The zero-order valence-corrected chi connectivity index (χ0v) is 9.97. The highest BCUT2D eigenvalue weighted by atomic mass is 32.1. The lowest BCUT2D eigenvalue weighted by atomic mass is 10.1. The third-order valence-electron chi connectivity index (χ3n) is 2.56. The molecule has 0 atom stereocenters. The highest BCUT2D eigenvalue weighted by Gasteiger charge is 2.03. The van der Waals surface area contributed by atoms with Gasteiger partial charge in [-0.15, -0.1) is 11.3 Å². The monoisotopic (exact) mass is 217 g/mol. The van der Waals surface area contributed by atoms with E-state index in [1.54, 1.807) is 11.3 Å². The fourth-order valence-electron chi connectivity index (χ4n) is 1.56. The van der Waals surface area contributed by atoms with E-state index in [0.717, 1.165) is 12.8 Å². The second-order valence-corrected chi connectivity index (χ2v) is 4.63. The summed E-state index contributed by atoms with van der Waals surface area (Å²) in [5.74, 6) is 0. The van der Waals surface area contributed by atoms with Gasteiger partial charge in [0.2, 0.25) is 0 Å². The Kier molecular flexibility index (Phi) is 3.17. The van der Waals surface area contributed by atoms with Crippen molar-refractivity contribution < 1.29 is 0 Å². The van der Waals surface area contributed by atoms with Crippen LogP contribution < -0.4 is 0 Å². The van der Waals surface area contributed by atoms with E-state index in [1.807, 2.05) is 0 Å². The van der Waals surface area contributed by atoms with E-state index in [1.165, 1.54) is 21.8 Å². The van der Waals surface area contributed by atoms with Crippen molar-refractivity contribution in [1.82, 2.24) is 4.98 Å². The van der Waals surface area contributed by atoms with Gasteiger partial charge >= 0.3 is 0 Å². The van der Waals surface area contributed by atoms with E-state index in [9.17, 15) is 0 Å². The van der Waals surface area contributed by atoms with Gasteiger partial charge in [0.1, 0.15) is 0 Å². The van der Waals surface area contributed by atoms with Crippen molar-refractivity contribution in [2.24, 2.45) is 0 Å². The SMILES string of the molecule is CCc1csc(Cc2ccccc2C)n1. The van der Waals surface area contributed by atoms with Gasteiger partial charge in [-0.05, 0) is 24.5 Å². The van der Waals surface area contributed by atoms with Gasteiger partial charge in [-0.25, -0.2) is 4.98 Å². The molecule has 0 saturated heterocycles. The van der Waals surface area contributed by atoms with E-state index in [0.29, 0.717) is 0 Å². The predicted octanol–water partition coefficient (Wildman–Crippen LogP) is 3.60. The summed E-state index contributed by atoms with van der Waals surface area (Å²) in [5.41, 5.74) is 3.95. The molecule has 1 heterocycles. The van der Waals surface area contributed by atoms with E-state index in [2.05, 4.69) is 48.5 Å². The molecule has 0 N–H and O–H groups in total. The number of benzene rings is 1. The molecular formula is C13H15NS. The largest absolute Gasteiger partial charge is 0.246 e. The lowest BCUT2D eigenvalue weighted by molar-refractivity contribution is 1.01. The van der Waals surface area contributed by atoms with Crippen LogP contribution in [0.15, 0.2) is 29.6 Å². The lowest BCUT2D eigenvalue weighted by Crippen LogP contribution is -1.91. The number of thiazole rings is 1. The maximum absolute atomic E-state index is 4.58. The average Bonchev–Trinajstić information content (AvgIpc) is 2.69. The second kappa shape index (κ2) is 4.58. The Bertz CT molecular complexity index is 445. The standard InChI is InChI=1S/C13H15NS/c1-3-12-9-15-13(14-12)8-11-7-5-4-6-10(11)2/h4-7,9H,3,8H2,1-2H3. The normalized spacial score (nSPS) is 10.5. The quantitative estimate of drug-likeness (QED) is 0.765. The average molecular weight is 217 g/mol. The van der Waals surface area contributed by atoms with Crippen LogP contribution in [0, 0.1) is 6.92 Å². The molecule has 2 rings (SSSR count). The maximum Gasteiger partial charge on any atom is 0.0972 e. The summed E-state index contributed by atoms with van der Waals surface area (Å²) < 4.78 is 0. The third-order valence-corrected chi connectivity index (χ3v) is 3.46. The topological polar surface area (TPSA) is 12.9 Å². The molecule has 0 saturated carbocycles. The zero-order chi connectivity index (χ0) is 10.7. The molecule has 2 heteroatoms. The van der Waals surface area contributed by atoms with Crippen LogP contribution in [0.5, 0.6) is 0 Å². The van der Waals surface area contributed by atoms with E-state index in [-0.39, 0.29) is 0 Å². The number of hydrogen-bond donors (Lipinski definition) is 0. The number of nitrogens with zero attached hydrogens (tertiary/aromatic N) is 1. The zero-order valence-electron chi connectivity index (χ0n) is 9.16. The summed E-state index contributed by atoms with van der Waals surface area (Å²) in [4.78, 5) is 4.58. The summed E-state index contributed by atoms with van der Waals surface area (Å²) in [6.07, 6.45) is 2.00. The molecule has 0 amide bonds. The van der Waals surface area contributed by atoms with Gasteiger partial charge in [0, 0.05) is 11.8 Å². The van der Waals surface area contributed by atoms with Crippen molar-refractivity contribution in [2.45, 2.75) is 26.7 Å². The Labute approximate surface area is 94.8 Å². The summed E-state index contributed by atoms with van der Waals surface area (Å²) in [6.45, 7) is 4.30. The van der Waals surface area contributed by atoms with E-state index < -0.39 is 0 Å². The first-order valence-corrected chi connectivity index (χ1v) is 6.15. The molecule has 78 valence electrons. The first-order valence-electron chi connectivity index (χ1n) is 5.27. The fraction of sp³-hybridized carbons (Fsp3) is 0.308. The van der Waals surface area contributed by atoms with Gasteiger partial charge in [-0.1, -0.05) is 31.2 Å². The Morgan fingerprint density at radius 1 is 1.27 bits per heavy atom. The maximum atomic E-state index is 4.58. The van der Waals surface area contributed by atoms with Crippen LogP contribution in [0.4, 0.5) is 0 Å². The molecule has 0 aliphatic heterocycles. The Hall–Kier alpha value is -1.15. The van der Waals surface area contributed by atoms with Crippen molar-refractivity contribution in [3.05, 3.63) is 51.5 Å². The fourth-order valence-corrected chi connectivity index (χ4v) is 2.46. The van der Waals surface area contributed by atoms with Gasteiger partial charge in [0.25, 0.3) is 0 Å². The molecule has 0 aliphatic rings. The molecule has 2 aromatic rings.